The Morgan fingerprint density at radius 1 is 0.963 bits per heavy atom. The number of carbonyl (C=O) groups is 1. The fourth-order valence-electron chi connectivity index (χ4n) is 3.12. The summed E-state index contributed by atoms with van der Waals surface area (Å²) in [6.45, 7) is 11.3. The van der Waals surface area contributed by atoms with E-state index in [-0.39, 0.29) is 11.4 Å². The molecule has 1 rings (SSSR count). The van der Waals surface area contributed by atoms with Crippen molar-refractivity contribution in [3.8, 4) is 5.75 Å². The second-order valence-corrected chi connectivity index (χ2v) is 8.15. The number of phenols is 1. The summed E-state index contributed by atoms with van der Waals surface area (Å²) in [4.78, 5) is 12.2. The van der Waals surface area contributed by atoms with Gasteiger partial charge in [0.25, 0.3) is 0 Å². The molecule has 3 nitrogen and oxygen atoms in total. The molecular formula is C24H40O3. The summed E-state index contributed by atoms with van der Waals surface area (Å²) in [5.74, 6) is 0.339. The number of benzene rings is 1. The highest BCUT2D eigenvalue weighted by molar-refractivity contribution is 5.69. The van der Waals surface area contributed by atoms with Crippen LogP contribution in [0.15, 0.2) is 12.1 Å². The van der Waals surface area contributed by atoms with Crippen molar-refractivity contribution in [2.24, 2.45) is 5.41 Å². The van der Waals surface area contributed by atoms with E-state index in [0.29, 0.717) is 25.2 Å². The zero-order valence-corrected chi connectivity index (χ0v) is 18.2. The van der Waals surface area contributed by atoms with Crippen molar-refractivity contribution in [2.45, 2.75) is 98.8 Å². The average molecular weight is 377 g/mol. The Morgan fingerprint density at radius 3 is 1.93 bits per heavy atom. The van der Waals surface area contributed by atoms with Gasteiger partial charge in [0.15, 0.2) is 0 Å². The van der Waals surface area contributed by atoms with Crippen molar-refractivity contribution in [3.63, 3.8) is 0 Å². The predicted molar refractivity (Wildman–Crippen MR) is 113 cm³/mol. The Morgan fingerprint density at radius 2 is 1.48 bits per heavy atom. The van der Waals surface area contributed by atoms with Gasteiger partial charge in [-0.25, -0.2) is 0 Å². The molecule has 1 aromatic carbocycles. The van der Waals surface area contributed by atoms with Crippen LogP contribution in [0.5, 0.6) is 5.75 Å². The topological polar surface area (TPSA) is 46.5 Å². The molecule has 0 aliphatic rings. The number of rotatable bonds is 13. The molecule has 0 spiro atoms. The molecule has 0 saturated heterocycles. The van der Waals surface area contributed by atoms with Crippen LogP contribution < -0.4 is 0 Å². The maximum atomic E-state index is 12.2. The summed E-state index contributed by atoms with van der Waals surface area (Å²) in [6, 6.07) is 4.16. The van der Waals surface area contributed by atoms with E-state index in [9.17, 15) is 9.90 Å². The summed E-state index contributed by atoms with van der Waals surface area (Å²) in [5, 5.41) is 10.6. The zero-order valence-electron chi connectivity index (χ0n) is 18.2. The van der Waals surface area contributed by atoms with Gasteiger partial charge in [-0.3, -0.25) is 4.79 Å². The number of carbonyl (C=O) groups excluding carboxylic acids is 1. The van der Waals surface area contributed by atoms with Crippen molar-refractivity contribution in [1.82, 2.24) is 0 Å². The molecule has 154 valence electrons. The molecule has 0 fully saturated rings. The largest absolute Gasteiger partial charge is 0.507 e. The van der Waals surface area contributed by atoms with Crippen LogP contribution >= 0.6 is 0 Å². The maximum Gasteiger partial charge on any atom is 0.306 e. The molecule has 0 saturated carbocycles. The van der Waals surface area contributed by atoms with Gasteiger partial charge in [-0.15, -0.1) is 0 Å². The second-order valence-electron chi connectivity index (χ2n) is 8.15. The Bertz CT molecular complexity index is 544. The van der Waals surface area contributed by atoms with Gasteiger partial charge in [0.1, 0.15) is 5.75 Å². The fourth-order valence-corrected chi connectivity index (χ4v) is 3.12. The summed E-state index contributed by atoms with van der Waals surface area (Å²) < 4.78 is 5.54. The third-order valence-electron chi connectivity index (χ3n) is 5.83. The van der Waals surface area contributed by atoms with Gasteiger partial charge >= 0.3 is 5.97 Å². The van der Waals surface area contributed by atoms with Gasteiger partial charge in [-0.05, 0) is 61.6 Å². The highest BCUT2D eigenvalue weighted by atomic mass is 16.5. The van der Waals surface area contributed by atoms with Gasteiger partial charge in [0.2, 0.25) is 0 Å². The highest BCUT2D eigenvalue weighted by Gasteiger charge is 2.22. The molecule has 0 aromatic heterocycles. The van der Waals surface area contributed by atoms with Crippen LogP contribution in [-0.4, -0.2) is 17.7 Å². The van der Waals surface area contributed by atoms with Gasteiger partial charge in [-0.2, -0.15) is 0 Å². The molecule has 0 unspecified atom stereocenters. The van der Waals surface area contributed by atoms with E-state index in [1.165, 1.54) is 0 Å². The smallest absolute Gasteiger partial charge is 0.306 e. The van der Waals surface area contributed by atoms with E-state index in [4.69, 9.17) is 4.74 Å². The first-order valence-electron chi connectivity index (χ1n) is 10.9. The molecule has 0 radical (unpaired) electrons. The number of unbranched alkanes of at least 4 members (excludes halogenated alkanes) is 2. The minimum atomic E-state index is -0.124. The number of ether oxygens (including phenoxy) is 1. The summed E-state index contributed by atoms with van der Waals surface area (Å²) in [6.07, 6.45) is 9.23. The normalized spacial score (nSPS) is 11.6. The van der Waals surface area contributed by atoms with E-state index in [1.807, 2.05) is 0 Å². The minimum Gasteiger partial charge on any atom is -0.507 e. The van der Waals surface area contributed by atoms with Crippen LogP contribution in [-0.2, 0) is 28.8 Å². The Labute approximate surface area is 166 Å². The molecular weight excluding hydrogens is 336 g/mol. The molecule has 0 bridgehead atoms. The molecule has 0 atom stereocenters. The summed E-state index contributed by atoms with van der Waals surface area (Å²) >= 11 is 0. The quantitative estimate of drug-likeness (QED) is 0.406. The molecule has 3 heteroatoms. The lowest BCUT2D eigenvalue weighted by molar-refractivity contribution is -0.147. The summed E-state index contributed by atoms with van der Waals surface area (Å²) in [5.41, 5.74) is 3.27. The van der Waals surface area contributed by atoms with Crippen LogP contribution in [0.2, 0.25) is 0 Å². The van der Waals surface area contributed by atoms with E-state index in [1.54, 1.807) is 0 Å². The van der Waals surface area contributed by atoms with Crippen molar-refractivity contribution >= 4 is 5.97 Å². The van der Waals surface area contributed by atoms with Crippen molar-refractivity contribution in [3.05, 3.63) is 28.8 Å². The maximum absolute atomic E-state index is 12.2. The van der Waals surface area contributed by atoms with Crippen LogP contribution in [0, 0.1) is 5.41 Å². The second kappa shape index (κ2) is 12.0. The van der Waals surface area contributed by atoms with Crippen LogP contribution in [0.1, 0.15) is 96.3 Å². The average Bonchev–Trinajstić information content (AvgIpc) is 2.69. The molecule has 0 heterocycles. The molecule has 0 amide bonds. The van der Waals surface area contributed by atoms with Crippen molar-refractivity contribution < 1.29 is 14.6 Å². The van der Waals surface area contributed by atoms with E-state index in [0.717, 1.165) is 68.1 Å². The monoisotopic (exact) mass is 376 g/mol. The molecule has 0 aliphatic heterocycles. The Hall–Kier alpha value is -1.51. The lowest BCUT2D eigenvalue weighted by atomic mass is 9.86. The fraction of sp³-hybridized carbons (Fsp3) is 0.708. The van der Waals surface area contributed by atoms with Crippen molar-refractivity contribution in [1.29, 1.82) is 0 Å². The van der Waals surface area contributed by atoms with Gasteiger partial charge < -0.3 is 9.84 Å². The van der Waals surface area contributed by atoms with E-state index < -0.39 is 0 Å². The lowest BCUT2D eigenvalue weighted by Crippen LogP contribution is -2.23. The highest BCUT2D eigenvalue weighted by Crippen LogP contribution is 2.29. The minimum absolute atomic E-state index is 0.0782. The number of aromatic hydroxyl groups is 1. The van der Waals surface area contributed by atoms with Gasteiger partial charge in [0.05, 0.1) is 6.61 Å². The first-order chi connectivity index (χ1) is 12.9. The van der Waals surface area contributed by atoms with E-state index in [2.05, 4.69) is 46.8 Å². The summed E-state index contributed by atoms with van der Waals surface area (Å²) in [7, 11) is 0. The van der Waals surface area contributed by atoms with Crippen LogP contribution in [0.4, 0.5) is 0 Å². The number of aryl methyl sites for hydroxylation is 3. The predicted octanol–water partition coefficient (Wildman–Crippen LogP) is 6.38. The third kappa shape index (κ3) is 7.94. The molecule has 1 aromatic rings. The first-order valence-corrected chi connectivity index (χ1v) is 10.9. The van der Waals surface area contributed by atoms with E-state index >= 15 is 0 Å². The third-order valence-corrected chi connectivity index (χ3v) is 5.83. The molecule has 0 aliphatic carbocycles. The Balaban J connectivity index is 2.75. The van der Waals surface area contributed by atoms with Crippen molar-refractivity contribution in [2.75, 3.05) is 6.61 Å². The number of hydrogen-bond donors (Lipinski definition) is 1. The molecule has 27 heavy (non-hydrogen) atoms. The number of hydrogen-bond acceptors (Lipinski definition) is 3. The zero-order chi connectivity index (χ0) is 20.3. The molecule has 1 N–H and O–H groups in total. The number of phenolic OH excluding ortho intramolecular Hbond substituents is 1. The number of esters is 1. The lowest BCUT2D eigenvalue weighted by Gasteiger charge is -2.25. The SMILES string of the molecule is CCCCc1cc(CCC(=O)OCC(C)(CC)CC)cc(CCCC)c1O. The van der Waals surface area contributed by atoms with Crippen LogP contribution in [0.3, 0.4) is 0 Å². The Kier molecular flexibility index (Phi) is 10.5. The van der Waals surface area contributed by atoms with Gasteiger partial charge in [-0.1, -0.05) is 59.6 Å². The van der Waals surface area contributed by atoms with Crippen LogP contribution in [0.25, 0.3) is 0 Å². The standard InChI is InChI=1S/C24H40O3/c1-6-10-12-20-16-19(17-21(23(20)26)13-11-7-2)14-15-22(25)27-18-24(5,8-3)9-4/h16-17,26H,6-15,18H2,1-5H3. The first kappa shape index (κ1) is 23.5. The van der Waals surface area contributed by atoms with Gasteiger partial charge in [0, 0.05) is 11.8 Å².